The number of nitro benzene ring substituents is 1. The molecule has 0 N–H and O–H groups in total. The molecule has 6 heteroatoms. The maximum absolute atomic E-state index is 12.2. The number of hydrogen-bond acceptors (Lipinski definition) is 4. The molecule has 0 aromatic heterocycles. The van der Waals surface area contributed by atoms with Crippen molar-refractivity contribution in [3.05, 3.63) is 34.4 Å². The third-order valence-corrected chi connectivity index (χ3v) is 3.64. The minimum absolute atomic E-state index is 0.0666. The zero-order valence-corrected chi connectivity index (χ0v) is 11.3. The van der Waals surface area contributed by atoms with Crippen LogP contribution in [-0.2, 0) is 0 Å². The van der Waals surface area contributed by atoms with Gasteiger partial charge in [-0.3, -0.25) is 10.1 Å². The Morgan fingerprint density at radius 2 is 1.95 bits per heavy atom. The number of piperidine rings is 1. The van der Waals surface area contributed by atoms with Crippen LogP contribution < -0.4 is 4.74 Å². The van der Waals surface area contributed by atoms with E-state index >= 15 is 0 Å². The minimum atomic E-state index is -0.426. The van der Waals surface area contributed by atoms with E-state index in [4.69, 9.17) is 4.74 Å². The minimum Gasteiger partial charge on any atom is -0.493 e. The van der Waals surface area contributed by atoms with Gasteiger partial charge in [0.2, 0.25) is 0 Å². The van der Waals surface area contributed by atoms with Crippen LogP contribution in [0.4, 0.5) is 10.1 Å². The van der Waals surface area contributed by atoms with Gasteiger partial charge < -0.3 is 9.64 Å². The SMILES string of the molecule is O=[N+]([O-])c1ccc(OCC2CCN(CCF)CC2)cc1. The molecular weight excluding hydrogens is 263 g/mol. The van der Waals surface area contributed by atoms with E-state index in [1.807, 2.05) is 0 Å². The Balaban J connectivity index is 1.74. The number of alkyl halides is 1. The third-order valence-electron chi connectivity index (χ3n) is 3.64. The molecule has 1 fully saturated rings. The number of halogens is 1. The molecule has 0 unspecified atom stereocenters. The second-order valence-electron chi connectivity index (χ2n) is 5.04. The molecule has 1 aliphatic heterocycles. The molecule has 0 amide bonds. The summed E-state index contributed by atoms with van der Waals surface area (Å²) in [6.07, 6.45) is 2.01. The Morgan fingerprint density at radius 1 is 1.30 bits per heavy atom. The quantitative estimate of drug-likeness (QED) is 0.594. The molecule has 1 aromatic carbocycles. The molecule has 20 heavy (non-hydrogen) atoms. The Bertz CT molecular complexity index is 431. The van der Waals surface area contributed by atoms with Crippen molar-refractivity contribution in [1.82, 2.24) is 4.90 Å². The summed E-state index contributed by atoms with van der Waals surface area (Å²) in [5.74, 6) is 1.13. The molecule has 5 nitrogen and oxygen atoms in total. The third kappa shape index (κ3) is 4.16. The number of hydrogen-bond donors (Lipinski definition) is 0. The van der Waals surface area contributed by atoms with E-state index in [2.05, 4.69) is 4.90 Å². The summed E-state index contributed by atoms with van der Waals surface area (Å²) in [5, 5.41) is 10.5. The van der Waals surface area contributed by atoms with E-state index in [0.29, 0.717) is 24.8 Å². The lowest BCUT2D eigenvalue weighted by molar-refractivity contribution is -0.384. The molecular formula is C14H19FN2O3. The number of nitro groups is 1. The summed E-state index contributed by atoms with van der Waals surface area (Å²) >= 11 is 0. The fraction of sp³-hybridized carbons (Fsp3) is 0.571. The van der Waals surface area contributed by atoms with Crippen LogP contribution in [0.25, 0.3) is 0 Å². The normalized spacial score (nSPS) is 17.1. The first-order valence-electron chi connectivity index (χ1n) is 6.84. The van der Waals surface area contributed by atoms with Crippen LogP contribution in [0.1, 0.15) is 12.8 Å². The number of benzene rings is 1. The van der Waals surface area contributed by atoms with Gasteiger partial charge in [0.1, 0.15) is 12.4 Å². The van der Waals surface area contributed by atoms with Crippen LogP contribution in [0.3, 0.4) is 0 Å². The highest BCUT2D eigenvalue weighted by atomic mass is 19.1. The van der Waals surface area contributed by atoms with Crippen LogP contribution in [0.2, 0.25) is 0 Å². The van der Waals surface area contributed by atoms with Crippen molar-refractivity contribution in [3.8, 4) is 5.75 Å². The van der Waals surface area contributed by atoms with Crippen molar-refractivity contribution >= 4 is 5.69 Å². The second kappa shape index (κ2) is 7.19. The summed E-state index contributed by atoms with van der Waals surface area (Å²) in [6, 6.07) is 6.13. The lowest BCUT2D eigenvalue weighted by Crippen LogP contribution is -2.36. The van der Waals surface area contributed by atoms with Gasteiger partial charge >= 0.3 is 0 Å². The van der Waals surface area contributed by atoms with Gasteiger partial charge in [-0.25, -0.2) is 4.39 Å². The largest absolute Gasteiger partial charge is 0.493 e. The number of nitrogens with zero attached hydrogens (tertiary/aromatic N) is 2. The molecule has 2 rings (SSSR count). The molecule has 1 heterocycles. The average Bonchev–Trinajstić information content (AvgIpc) is 2.47. The van der Waals surface area contributed by atoms with Gasteiger partial charge in [0.25, 0.3) is 5.69 Å². The molecule has 1 aliphatic rings. The van der Waals surface area contributed by atoms with E-state index in [1.54, 1.807) is 12.1 Å². The average molecular weight is 282 g/mol. The zero-order valence-electron chi connectivity index (χ0n) is 11.3. The molecule has 0 atom stereocenters. The van der Waals surface area contributed by atoms with E-state index in [1.165, 1.54) is 12.1 Å². The molecule has 1 aromatic rings. The Morgan fingerprint density at radius 3 is 2.50 bits per heavy atom. The first-order chi connectivity index (χ1) is 9.69. The van der Waals surface area contributed by atoms with Gasteiger partial charge in [-0.05, 0) is 44.0 Å². The van der Waals surface area contributed by atoms with Gasteiger partial charge in [-0.15, -0.1) is 0 Å². The number of non-ortho nitro benzene ring substituents is 1. The predicted molar refractivity (Wildman–Crippen MR) is 73.7 cm³/mol. The maximum Gasteiger partial charge on any atom is 0.269 e. The van der Waals surface area contributed by atoms with Crippen molar-refractivity contribution in [3.63, 3.8) is 0 Å². The summed E-state index contributed by atoms with van der Waals surface area (Å²) in [5.41, 5.74) is 0.0666. The summed E-state index contributed by atoms with van der Waals surface area (Å²) in [4.78, 5) is 12.2. The van der Waals surface area contributed by atoms with Crippen molar-refractivity contribution in [2.75, 3.05) is 32.9 Å². The lowest BCUT2D eigenvalue weighted by atomic mass is 9.98. The molecule has 0 aliphatic carbocycles. The van der Waals surface area contributed by atoms with Crippen molar-refractivity contribution in [1.29, 1.82) is 0 Å². The first-order valence-corrected chi connectivity index (χ1v) is 6.84. The first kappa shape index (κ1) is 14.7. The van der Waals surface area contributed by atoms with Gasteiger partial charge in [0, 0.05) is 18.7 Å². The van der Waals surface area contributed by atoms with Crippen LogP contribution in [0, 0.1) is 16.0 Å². The van der Waals surface area contributed by atoms with Crippen molar-refractivity contribution in [2.45, 2.75) is 12.8 Å². The molecule has 0 radical (unpaired) electrons. The standard InChI is InChI=1S/C14H19FN2O3/c15-7-10-16-8-5-12(6-9-16)11-20-14-3-1-13(2-4-14)17(18)19/h1-4,12H,5-11H2. The Labute approximate surface area is 117 Å². The smallest absolute Gasteiger partial charge is 0.269 e. The van der Waals surface area contributed by atoms with Gasteiger partial charge in [0.05, 0.1) is 11.5 Å². The number of ether oxygens (including phenoxy) is 1. The van der Waals surface area contributed by atoms with Crippen LogP contribution in [-0.4, -0.2) is 42.7 Å². The van der Waals surface area contributed by atoms with Crippen LogP contribution in [0.5, 0.6) is 5.75 Å². The monoisotopic (exact) mass is 282 g/mol. The highest BCUT2D eigenvalue weighted by molar-refractivity contribution is 5.35. The van der Waals surface area contributed by atoms with E-state index in [0.717, 1.165) is 25.9 Å². The fourth-order valence-corrected chi connectivity index (χ4v) is 2.37. The molecule has 0 spiro atoms. The molecule has 0 bridgehead atoms. The molecule has 1 saturated heterocycles. The van der Waals surface area contributed by atoms with Crippen LogP contribution >= 0.6 is 0 Å². The zero-order chi connectivity index (χ0) is 14.4. The fourth-order valence-electron chi connectivity index (χ4n) is 2.37. The number of likely N-dealkylation sites (tertiary alicyclic amines) is 1. The summed E-state index contributed by atoms with van der Waals surface area (Å²) in [6.45, 7) is 2.68. The summed E-state index contributed by atoms with van der Waals surface area (Å²) in [7, 11) is 0. The van der Waals surface area contributed by atoms with E-state index in [9.17, 15) is 14.5 Å². The molecule has 0 saturated carbocycles. The maximum atomic E-state index is 12.2. The topological polar surface area (TPSA) is 55.6 Å². The van der Waals surface area contributed by atoms with E-state index < -0.39 is 4.92 Å². The van der Waals surface area contributed by atoms with Crippen molar-refractivity contribution in [2.24, 2.45) is 5.92 Å². The Hall–Kier alpha value is -1.69. The number of rotatable bonds is 6. The molecule has 110 valence electrons. The highest BCUT2D eigenvalue weighted by Gasteiger charge is 2.19. The lowest BCUT2D eigenvalue weighted by Gasteiger charge is -2.31. The van der Waals surface area contributed by atoms with Gasteiger partial charge in [0.15, 0.2) is 0 Å². The van der Waals surface area contributed by atoms with Crippen LogP contribution in [0.15, 0.2) is 24.3 Å². The Kier molecular flexibility index (Phi) is 5.29. The van der Waals surface area contributed by atoms with Gasteiger partial charge in [-0.1, -0.05) is 0 Å². The highest BCUT2D eigenvalue weighted by Crippen LogP contribution is 2.21. The van der Waals surface area contributed by atoms with Gasteiger partial charge in [-0.2, -0.15) is 0 Å². The predicted octanol–water partition coefficient (Wildman–Crippen LogP) is 2.66. The summed E-state index contributed by atoms with van der Waals surface area (Å²) < 4.78 is 17.9. The van der Waals surface area contributed by atoms with Crippen molar-refractivity contribution < 1.29 is 14.1 Å². The second-order valence-corrected chi connectivity index (χ2v) is 5.04. The van der Waals surface area contributed by atoms with E-state index in [-0.39, 0.29) is 12.4 Å².